The molecule has 0 saturated carbocycles. The van der Waals surface area contributed by atoms with Crippen molar-refractivity contribution in [3.8, 4) is 0 Å². The Morgan fingerprint density at radius 3 is 2.75 bits per heavy atom. The van der Waals surface area contributed by atoms with Crippen molar-refractivity contribution in [2.24, 2.45) is 0 Å². The molecular formula is C14H14N2O4. The number of aromatic nitrogens is 1. The summed E-state index contributed by atoms with van der Waals surface area (Å²) in [5.41, 5.74) is 0.851. The molecule has 1 aromatic heterocycles. The zero-order chi connectivity index (χ0) is 14.1. The van der Waals surface area contributed by atoms with Crippen LogP contribution in [0.3, 0.4) is 0 Å². The molecule has 0 spiro atoms. The van der Waals surface area contributed by atoms with Crippen LogP contribution in [0, 0.1) is 0 Å². The highest BCUT2D eigenvalue weighted by Gasteiger charge is 2.15. The van der Waals surface area contributed by atoms with E-state index < -0.39 is 11.4 Å². The van der Waals surface area contributed by atoms with E-state index >= 15 is 0 Å². The molecule has 6 heteroatoms. The molecule has 1 fully saturated rings. The van der Waals surface area contributed by atoms with Gasteiger partial charge in [0.1, 0.15) is 5.56 Å². The van der Waals surface area contributed by atoms with Crippen LogP contribution in [-0.2, 0) is 4.74 Å². The van der Waals surface area contributed by atoms with Gasteiger partial charge in [0.2, 0.25) is 5.43 Å². The van der Waals surface area contributed by atoms with Gasteiger partial charge in [-0.05, 0) is 18.2 Å². The van der Waals surface area contributed by atoms with Gasteiger partial charge in [-0.3, -0.25) is 4.79 Å². The van der Waals surface area contributed by atoms with Gasteiger partial charge in [-0.15, -0.1) is 0 Å². The van der Waals surface area contributed by atoms with Gasteiger partial charge >= 0.3 is 5.97 Å². The van der Waals surface area contributed by atoms with Crippen molar-refractivity contribution in [1.82, 2.24) is 4.98 Å². The highest BCUT2D eigenvalue weighted by molar-refractivity contribution is 5.93. The van der Waals surface area contributed by atoms with Crippen molar-refractivity contribution in [1.29, 1.82) is 0 Å². The minimum absolute atomic E-state index is 0.239. The maximum absolute atomic E-state index is 12.2. The van der Waals surface area contributed by atoms with E-state index in [0.29, 0.717) is 24.1 Å². The summed E-state index contributed by atoms with van der Waals surface area (Å²) in [5, 5.41) is 9.39. The van der Waals surface area contributed by atoms with Crippen molar-refractivity contribution in [3.05, 3.63) is 40.2 Å². The van der Waals surface area contributed by atoms with Gasteiger partial charge in [-0.25, -0.2) is 4.79 Å². The number of benzene rings is 1. The zero-order valence-corrected chi connectivity index (χ0v) is 10.8. The summed E-state index contributed by atoms with van der Waals surface area (Å²) in [5.74, 6) is -1.22. The molecule has 0 aliphatic carbocycles. The third-order valence-corrected chi connectivity index (χ3v) is 3.47. The average Bonchev–Trinajstić information content (AvgIpc) is 2.48. The van der Waals surface area contributed by atoms with E-state index in [9.17, 15) is 9.59 Å². The lowest BCUT2D eigenvalue weighted by molar-refractivity contribution is 0.0695. The van der Waals surface area contributed by atoms with Crippen LogP contribution in [0.25, 0.3) is 10.9 Å². The Labute approximate surface area is 114 Å². The Morgan fingerprint density at radius 2 is 2.05 bits per heavy atom. The predicted octanol–water partition coefficient (Wildman–Crippen LogP) is 1.06. The number of fused-ring (bicyclic) bond motifs is 1. The molecule has 3 rings (SSSR count). The molecule has 2 heterocycles. The van der Waals surface area contributed by atoms with Crippen LogP contribution < -0.4 is 10.3 Å². The molecular weight excluding hydrogens is 260 g/mol. The fraction of sp³-hybridized carbons (Fsp3) is 0.286. The Bertz CT molecular complexity index is 717. The summed E-state index contributed by atoms with van der Waals surface area (Å²) in [6, 6.07) is 5.46. The molecule has 1 aliphatic rings. The lowest BCUT2D eigenvalue weighted by Gasteiger charge is -2.29. The maximum Gasteiger partial charge on any atom is 0.341 e. The van der Waals surface area contributed by atoms with Crippen molar-refractivity contribution in [3.63, 3.8) is 0 Å². The van der Waals surface area contributed by atoms with E-state index in [0.717, 1.165) is 18.8 Å². The SMILES string of the molecule is O=C(O)c1c[nH]c2ccc(N3CCOCC3)cc2c1=O. The maximum atomic E-state index is 12.2. The molecule has 0 radical (unpaired) electrons. The van der Waals surface area contributed by atoms with Crippen LogP contribution in [0.5, 0.6) is 0 Å². The molecule has 0 amide bonds. The number of H-pyrrole nitrogens is 1. The number of rotatable bonds is 2. The van der Waals surface area contributed by atoms with E-state index in [2.05, 4.69) is 9.88 Å². The van der Waals surface area contributed by atoms with E-state index in [1.807, 2.05) is 6.07 Å². The van der Waals surface area contributed by atoms with Crippen LogP contribution in [-0.4, -0.2) is 42.4 Å². The normalized spacial score (nSPS) is 15.5. The molecule has 20 heavy (non-hydrogen) atoms. The summed E-state index contributed by atoms with van der Waals surface area (Å²) in [7, 11) is 0. The quantitative estimate of drug-likeness (QED) is 0.855. The van der Waals surface area contributed by atoms with E-state index in [1.54, 1.807) is 12.1 Å². The first-order chi connectivity index (χ1) is 9.66. The second-order valence-electron chi connectivity index (χ2n) is 4.67. The van der Waals surface area contributed by atoms with E-state index in [1.165, 1.54) is 6.20 Å². The molecule has 6 nitrogen and oxygen atoms in total. The summed E-state index contributed by atoms with van der Waals surface area (Å²) in [6.07, 6.45) is 1.24. The van der Waals surface area contributed by atoms with E-state index in [4.69, 9.17) is 9.84 Å². The van der Waals surface area contributed by atoms with Crippen LogP contribution in [0.4, 0.5) is 5.69 Å². The van der Waals surface area contributed by atoms with Gasteiger partial charge in [-0.1, -0.05) is 0 Å². The standard InChI is InChI=1S/C14H14N2O4/c17-13-10-7-9(16-3-5-20-6-4-16)1-2-12(10)15-8-11(13)14(18)19/h1-2,7-8H,3-6H2,(H,15,17)(H,18,19). The Morgan fingerprint density at radius 1 is 1.30 bits per heavy atom. The predicted molar refractivity (Wildman–Crippen MR) is 74.6 cm³/mol. The highest BCUT2D eigenvalue weighted by Crippen LogP contribution is 2.20. The first kappa shape index (κ1) is 12.7. The smallest absolute Gasteiger partial charge is 0.341 e. The van der Waals surface area contributed by atoms with Crippen LogP contribution >= 0.6 is 0 Å². The number of nitrogens with one attached hydrogen (secondary N) is 1. The Hall–Kier alpha value is -2.34. The van der Waals surface area contributed by atoms with Gasteiger partial charge in [-0.2, -0.15) is 0 Å². The summed E-state index contributed by atoms with van der Waals surface area (Å²) in [6.45, 7) is 2.84. The minimum Gasteiger partial charge on any atom is -0.477 e. The van der Waals surface area contributed by atoms with Gasteiger partial charge in [0, 0.05) is 35.9 Å². The number of carboxylic acid groups (broad SMARTS) is 1. The van der Waals surface area contributed by atoms with Gasteiger partial charge in [0.05, 0.1) is 13.2 Å². The molecule has 2 N–H and O–H groups in total. The Balaban J connectivity index is 2.11. The molecule has 104 valence electrons. The fourth-order valence-electron chi connectivity index (χ4n) is 2.38. The summed E-state index contributed by atoms with van der Waals surface area (Å²) >= 11 is 0. The van der Waals surface area contributed by atoms with Crippen molar-refractivity contribution < 1.29 is 14.6 Å². The lowest BCUT2D eigenvalue weighted by atomic mass is 10.1. The zero-order valence-electron chi connectivity index (χ0n) is 10.8. The lowest BCUT2D eigenvalue weighted by Crippen LogP contribution is -2.36. The molecule has 1 aliphatic heterocycles. The van der Waals surface area contributed by atoms with Gasteiger partial charge in [0.15, 0.2) is 0 Å². The van der Waals surface area contributed by atoms with Crippen molar-refractivity contribution >= 4 is 22.6 Å². The number of hydrogen-bond donors (Lipinski definition) is 2. The van der Waals surface area contributed by atoms with Crippen LogP contribution in [0.1, 0.15) is 10.4 Å². The van der Waals surface area contributed by atoms with Crippen molar-refractivity contribution in [2.45, 2.75) is 0 Å². The third kappa shape index (κ3) is 2.14. The summed E-state index contributed by atoms with van der Waals surface area (Å²) in [4.78, 5) is 28.1. The number of anilines is 1. The molecule has 0 bridgehead atoms. The number of aromatic carboxylic acids is 1. The number of carboxylic acids is 1. The fourth-order valence-corrected chi connectivity index (χ4v) is 2.38. The first-order valence-electron chi connectivity index (χ1n) is 6.38. The largest absolute Gasteiger partial charge is 0.477 e. The molecule has 2 aromatic rings. The first-order valence-corrected chi connectivity index (χ1v) is 6.38. The number of aromatic amines is 1. The Kier molecular flexibility index (Phi) is 3.15. The van der Waals surface area contributed by atoms with Gasteiger partial charge in [0.25, 0.3) is 0 Å². The van der Waals surface area contributed by atoms with Crippen molar-refractivity contribution in [2.75, 3.05) is 31.2 Å². The number of hydrogen-bond acceptors (Lipinski definition) is 4. The molecule has 0 atom stereocenters. The number of pyridine rings is 1. The second kappa shape index (κ2) is 4.97. The minimum atomic E-state index is -1.22. The summed E-state index contributed by atoms with van der Waals surface area (Å²) < 4.78 is 5.30. The number of morpholine rings is 1. The number of carbonyl (C=O) groups is 1. The topological polar surface area (TPSA) is 82.6 Å². The monoisotopic (exact) mass is 274 g/mol. The third-order valence-electron chi connectivity index (χ3n) is 3.47. The average molecular weight is 274 g/mol. The molecule has 1 aromatic carbocycles. The van der Waals surface area contributed by atoms with Gasteiger partial charge < -0.3 is 19.7 Å². The van der Waals surface area contributed by atoms with E-state index in [-0.39, 0.29) is 5.56 Å². The number of nitrogens with zero attached hydrogens (tertiary/aromatic N) is 1. The van der Waals surface area contributed by atoms with Crippen LogP contribution in [0.15, 0.2) is 29.2 Å². The number of ether oxygens (including phenoxy) is 1. The second-order valence-corrected chi connectivity index (χ2v) is 4.67. The molecule has 0 unspecified atom stereocenters. The molecule has 1 saturated heterocycles. The van der Waals surface area contributed by atoms with Crippen LogP contribution in [0.2, 0.25) is 0 Å². The highest BCUT2D eigenvalue weighted by atomic mass is 16.5.